The number of nitrogens with zero attached hydrogens (tertiary/aromatic N) is 1. The minimum absolute atomic E-state index is 0.155. The quantitative estimate of drug-likeness (QED) is 0.871. The molecule has 0 saturated heterocycles. The van der Waals surface area contributed by atoms with Crippen LogP contribution >= 0.6 is 0 Å². The molecule has 94 valence electrons. The molecular weight excluding hydrogens is 227 g/mol. The van der Waals surface area contributed by atoms with Crippen LogP contribution in [0.2, 0.25) is 0 Å². The zero-order chi connectivity index (χ0) is 12.8. The molecule has 1 N–H and O–H groups in total. The molecule has 0 aliphatic rings. The average molecular weight is 244 g/mol. The Morgan fingerprint density at radius 1 is 1.22 bits per heavy atom. The summed E-state index contributed by atoms with van der Waals surface area (Å²) >= 11 is 0. The molecule has 1 heterocycles. The van der Waals surface area contributed by atoms with Crippen LogP contribution in [0.5, 0.6) is 0 Å². The molecule has 1 unspecified atom stereocenters. The van der Waals surface area contributed by atoms with Gasteiger partial charge >= 0.3 is 0 Å². The molecule has 2 nitrogen and oxygen atoms in total. The van der Waals surface area contributed by atoms with Crippen molar-refractivity contribution in [3.8, 4) is 0 Å². The largest absolute Gasteiger partial charge is 0.304 e. The van der Waals surface area contributed by atoms with Crippen molar-refractivity contribution in [3.63, 3.8) is 0 Å². The van der Waals surface area contributed by atoms with Gasteiger partial charge in [-0.15, -0.1) is 0 Å². The topological polar surface area (TPSA) is 24.9 Å². The van der Waals surface area contributed by atoms with E-state index in [-0.39, 0.29) is 11.9 Å². The number of aromatic nitrogens is 1. The second kappa shape index (κ2) is 6.26. The van der Waals surface area contributed by atoms with Crippen molar-refractivity contribution in [2.75, 3.05) is 0 Å². The number of hydrogen-bond acceptors (Lipinski definition) is 2. The Morgan fingerprint density at radius 2 is 2.11 bits per heavy atom. The first-order valence-electron chi connectivity index (χ1n) is 6.18. The van der Waals surface area contributed by atoms with Crippen molar-refractivity contribution < 1.29 is 4.39 Å². The van der Waals surface area contributed by atoms with Crippen molar-refractivity contribution in [1.82, 2.24) is 10.3 Å². The molecule has 1 aromatic heterocycles. The van der Waals surface area contributed by atoms with Gasteiger partial charge in [0, 0.05) is 18.8 Å². The van der Waals surface area contributed by atoms with Crippen LogP contribution in [0.4, 0.5) is 4.39 Å². The van der Waals surface area contributed by atoms with E-state index in [0.717, 1.165) is 17.7 Å². The molecule has 0 aliphatic heterocycles. The molecule has 0 spiro atoms. The fourth-order valence-electron chi connectivity index (χ4n) is 1.95. The van der Waals surface area contributed by atoms with Crippen molar-refractivity contribution in [1.29, 1.82) is 0 Å². The van der Waals surface area contributed by atoms with Crippen LogP contribution in [0, 0.1) is 5.82 Å². The van der Waals surface area contributed by atoms with E-state index in [9.17, 15) is 4.39 Å². The predicted octanol–water partition coefficient (Wildman–Crippen LogP) is 3.46. The summed E-state index contributed by atoms with van der Waals surface area (Å²) in [6.45, 7) is 2.77. The summed E-state index contributed by atoms with van der Waals surface area (Å²) in [7, 11) is 0. The summed E-state index contributed by atoms with van der Waals surface area (Å²) in [5.74, 6) is -0.189. The fourth-order valence-corrected chi connectivity index (χ4v) is 1.95. The minimum atomic E-state index is -0.189. The van der Waals surface area contributed by atoms with Crippen molar-refractivity contribution in [2.24, 2.45) is 0 Å². The Hall–Kier alpha value is -1.74. The van der Waals surface area contributed by atoms with E-state index >= 15 is 0 Å². The highest BCUT2D eigenvalue weighted by Crippen LogP contribution is 2.17. The SMILES string of the molecule is CCC(NCc1ccccn1)c1cccc(F)c1. The van der Waals surface area contributed by atoms with E-state index in [2.05, 4.69) is 17.2 Å². The van der Waals surface area contributed by atoms with Gasteiger partial charge in [-0.25, -0.2) is 4.39 Å². The maximum atomic E-state index is 13.2. The summed E-state index contributed by atoms with van der Waals surface area (Å²) in [6, 6.07) is 12.7. The molecule has 2 aromatic rings. The Labute approximate surface area is 107 Å². The van der Waals surface area contributed by atoms with Gasteiger partial charge in [-0.2, -0.15) is 0 Å². The van der Waals surface area contributed by atoms with E-state index in [4.69, 9.17) is 0 Å². The Kier molecular flexibility index (Phi) is 4.42. The van der Waals surface area contributed by atoms with Crippen LogP contribution < -0.4 is 5.32 Å². The van der Waals surface area contributed by atoms with Gasteiger partial charge in [0.1, 0.15) is 5.82 Å². The lowest BCUT2D eigenvalue weighted by atomic mass is 10.0. The molecule has 1 aromatic carbocycles. The number of benzene rings is 1. The summed E-state index contributed by atoms with van der Waals surface area (Å²) in [4.78, 5) is 4.26. The van der Waals surface area contributed by atoms with E-state index in [1.807, 2.05) is 24.3 Å². The molecule has 3 heteroatoms. The Balaban J connectivity index is 2.02. The third kappa shape index (κ3) is 3.37. The normalized spacial score (nSPS) is 12.3. The van der Waals surface area contributed by atoms with Crippen molar-refractivity contribution in [3.05, 3.63) is 65.7 Å². The maximum Gasteiger partial charge on any atom is 0.123 e. The van der Waals surface area contributed by atoms with Gasteiger partial charge in [0.2, 0.25) is 0 Å². The van der Waals surface area contributed by atoms with E-state index in [1.54, 1.807) is 18.3 Å². The lowest BCUT2D eigenvalue weighted by Gasteiger charge is -2.17. The summed E-state index contributed by atoms with van der Waals surface area (Å²) < 4.78 is 13.2. The van der Waals surface area contributed by atoms with Gasteiger partial charge < -0.3 is 5.32 Å². The molecular formula is C15H17FN2. The van der Waals surface area contributed by atoms with Crippen molar-refractivity contribution >= 4 is 0 Å². The highest BCUT2D eigenvalue weighted by atomic mass is 19.1. The second-order valence-corrected chi connectivity index (χ2v) is 4.22. The van der Waals surface area contributed by atoms with Gasteiger partial charge in [-0.3, -0.25) is 4.98 Å². The van der Waals surface area contributed by atoms with Gasteiger partial charge in [0.15, 0.2) is 0 Å². The molecule has 18 heavy (non-hydrogen) atoms. The number of rotatable bonds is 5. The molecule has 0 aliphatic carbocycles. The highest BCUT2D eigenvalue weighted by molar-refractivity contribution is 5.20. The molecule has 0 bridgehead atoms. The number of halogens is 1. The Morgan fingerprint density at radius 3 is 2.78 bits per heavy atom. The van der Waals surface area contributed by atoms with Crippen LogP contribution in [-0.2, 0) is 6.54 Å². The first-order valence-corrected chi connectivity index (χ1v) is 6.18. The number of nitrogens with one attached hydrogen (secondary N) is 1. The first kappa shape index (κ1) is 12.7. The lowest BCUT2D eigenvalue weighted by Crippen LogP contribution is -2.20. The van der Waals surface area contributed by atoms with Crippen LogP contribution in [0.25, 0.3) is 0 Å². The van der Waals surface area contributed by atoms with Crippen molar-refractivity contribution in [2.45, 2.75) is 25.9 Å². The van der Waals surface area contributed by atoms with Crippen LogP contribution in [0.1, 0.15) is 30.6 Å². The standard InChI is InChI=1S/C15H17FN2/c1-2-15(12-6-5-7-13(16)10-12)18-11-14-8-3-4-9-17-14/h3-10,15,18H,2,11H2,1H3. The van der Waals surface area contributed by atoms with Gasteiger partial charge in [-0.05, 0) is 36.2 Å². The fraction of sp³-hybridized carbons (Fsp3) is 0.267. The highest BCUT2D eigenvalue weighted by Gasteiger charge is 2.09. The number of pyridine rings is 1. The maximum absolute atomic E-state index is 13.2. The van der Waals surface area contributed by atoms with E-state index < -0.39 is 0 Å². The number of hydrogen-bond donors (Lipinski definition) is 1. The molecule has 0 saturated carbocycles. The first-order chi connectivity index (χ1) is 8.79. The molecule has 0 fully saturated rings. The zero-order valence-electron chi connectivity index (χ0n) is 10.4. The predicted molar refractivity (Wildman–Crippen MR) is 70.5 cm³/mol. The van der Waals surface area contributed by atoms with Crippen LogP contribution in [0.15, 0.2) is 48.7 Å². The average Bonchev–Trinajstić information content (AvgIpc) is 2.41. The molecule has 0 radical (unpaired) electrons. The molecule has 2 rings (SSSR count). The summed E-state index contributed by atoms with van der Waals surface area (Å²) in [5.41, 5.74) is 1.97. The third-order valence-corrected chi connectivity index (χ3v) is 2.92. The van der Waals surface area contributed by atoms with Gasteiger partial charge in [0.25, 0.3) is 0 Å². The smallest absolute Gasteiger partial charge is 0.123 e. The molecule has 0 amide bonds. The van der Waals surface area contributed by atoms with Crippen LogP contribution in [-0.4, -0.2) is 4.98 Å². The van der Waals surface area contributed by atoms with E-state index in [0.29, 0.717) is 6.54 Å². The van der Waals surface area contributed by atoms with Gasteiger partial charge in [-0.1, -0.05) is 25.1 Å². The van der Waals surface area contributed by atoms with E-state index in [1.165, 1.54) is 6.07 Å². The Bertz CT molecular complexity index is 485. The lowest BCUT2D eigenvalue weighted by molar-refractivity contribution is 0.510. The molecule has 1 atom stereocenters. The minimum Gasteiger partial charge on any atom is -0.304 e. The van der Waals surface area contributed by atoms with Crippen LogP contribution in [0.3, 0.4) is 0 Å². The zero-order valence-corrected chi connectivity index (χ0v) is 10.4. The van der Waals surface area contributed by atoms with Gasteiger partial charge in [0.05, 0.1) is 5.69 Å². The monoisotopic (exact) mass is 244 g/mol. The summed E-state index contributed by atoms with van der Waals surface area (Å²) in [5, 5.41) is 3.40. The third-order valence-electron chi connectivity index (χ3n) is 2.92. The second-order valence-electron chi connectivity index (χ2n) is 4.22. The summed E-state index contributed by atoms with van der Waals surface area (Å²) in [6.07, 6.45) is 2.69.